The van der Waals surface area contributed by atoms with E-state index in [2.05, 4.69) is 52.6 Å². The van der Waals surface area contributed by atoms with Crippen molar-refractivity contribution in [1.29, 1.82) is 0 Å². The Labute approximate surface area is 226 Å². The summed E-state index contributed by atoms with van der Waals surface area (Å²) in [7, 11) is 0. The fraction of sp³-hybridized carbons (Fsp3) is 0.567. The third-order valence-electron chi connectivity index (χ3n) is 7.42. The van der Waals surface area contributed by atoms with Gasteiger partial charge in [0.25, 0.3) is 0 Å². The van der Waals surface area contributed by atoms with E-state index >= 15 is 0 Å². The molecule has 38 heavy (non-hydrogen) atoms. The topological polar surface area (TPSA) is 96.7 Å². The van der Waals surface area contributed by atoms with Crippen molar-refractivity contribution < 1.29 is 19.4 Å². The fourth-order valence-electron chi connectivity index (χ4n) is 5.54. The van der Waals surface area contributed by atoms with Crippen molar-refractivity contribution in [2.75, 3.05) is 0 Å². The standard InChI is InChI=1S/C30H42N4O4/c1-5-23(15-21-9-7-6-8-10-21)26-16-27(26)34(29(37)38-30(2,3)4)25-13-11-24(12-14-25)31-17-22-18-32-33(19-22)20-28(35)36/h6-10,15,18-19,24-27,31H,5,11-14,16-17,20H2,1-4H3,(H,35,36)/t24?,25?,26?,27-/m0/s1. The summed E-state index contributed by atoms with van der Waals surface area (Å²) in [6.45, 7) is 8.51. The molecule has 2 aliphatic carbocycles. The molecular weight excluding hydrogens is 480 g/mol. The lowest BCUT2D eigenvalue weighted by Crippen LogP contribution is -2.48. The molecule has 1 unspecified atom stereocenters. The lowest BCUT2D eigenvalue weighted by molar-refractivity contribution is -0.137. The number of carboxylic acid groups (broad SMARTS) is 1. The minimum atomic E-state index is -0.903. The van der Waals surface area contributed by atoms with Gasteiger partial charge in [-0.3, -0.25) is 9.48 Å². The summed E-state index contributed by atoms with van der Waals surface area (Å²) in [6.07, 6.45) is 11.4. The van der Waals surface area contributed by atoms with Crippen LogP contribution in [0.2, 0.25) is 0 Å². The van der Waals surface area contributed by atoms with Gasteiger partial charge in [0.15, 0.2) is 0 Å². The van der Waals surface area contributed by atoms with Crippen molar-refractivity contribution in [2.24, 2.45) is 5.92 Å². The Morgan fingerprint density at radius 3 is 2.53 bits per heavy atom. The van der Waals surface area contributed by atoms with Gasteiger partial charge in [0.2, 0.25) is 0 Å². The van der Waals surface area contributed by atoms with Gasteiger partial charge in [-0.15, -0.1) is 0 Å². The van der Waals surface area contributed by atoms with E-state index in [1.807, 2.05) is 26.8 Å². The van der Waals surface area contributed by atoms with Crippen LogP contribution in [0.5, 0.6) is 0 Å². The fourth-order valence-corrected chi connectivity index (χ4v) is 5.54. The zero-order valence-corrected chi connectivity index (χ0v) is 23.1. The third-order valence-corrected chi connectivity index (χ3v) is 7.42. The van der Waals surface area contributed by atoms with Crippen LogP contribution < -0.4 is 5.32 Å². The molecule has 1 heterocycles. The average Bonchev–Trinajstić information content (AvgIpc) is 3.50. The highest BCUT2D eigenvalue weighted by Crippen LogP contribution is 2.46. The number of carbonyl (C=O) groups excluding carboxylic acids is 1. The van der Waals surface area contributed by atoms with Gasteiger partial charge < -0.3 is 20.1 Å². The first-order valence-electron chi connectivity index (χ1n) is 13.9. The number of hydrogen-bond acceptors (Lipinski definition) is 5. The Hall–Kier alpha value is -3.13. The molecule has 1 amide bonds. The van der Waals surface area contributed by atoms with E-state index in [0.717, 1.165) is 44.1 Å². The predicted molar refractivity (Wildman–Crippen MR) is 147 cm³/mol. The van der Waals surface area contributed by atoms with Crippen LogP contribution in [0.1, 0.15) is 77.3 Å². The summed E-state index contributed by atoms with van der Waals surface area (Å²) < 4.78 is 7.34. The maximum absolute atomic E-state index is 13.4. The van der Waals surface area contributed by atoms with Gasteiger partial charge in [0.05, 0.1) is 6.20 Å². The number of nitrogens with zero attached hydrogens (tertiary/aromatic N) is 3. The summed E-state index contributed by atoms with van der Waals surface area (Å²) in [5.41, 5.74) is 3.05. The largest absolute Gasteiger partial charge is 0.480 e. The van der Waals surface area contributed by atoms with Gasteiger partial charge in [0, 0.05) is 42.3 Å². The van der Waals surface area contributed by atoms with E-state index in [-0.39, 0.29) is 24.7 Å². The first-order valence-corrected chi connectivity index (χ1v) is 13.9. The van der Waals surface area contributed by atoms with Gasteiger partial charge in [-0.1, -0.05) is 48.9 Å². The van der Waals surface area contributed by atoms with E-state index in [1.165, 1.54) is 15.8 Å². The Morgan fingerprint density at radius 2 is 1.89 bits per heavy atom. The molecular formula is C30H42N4O4. The molecule has 2 aromatic rings. The van der Waals surface area contributed by atoms with Crippen LogP contribution in [0, 0.1) is 5.92 Å². The number of nitrogens with one attached hydrogen (secondary N) is 1. The number of carbonyl (C=O) groups is 2. The lowest BCUT2D eigenvalue weighted by Gasteiger charge is -2.38. The first-order chi connectivity index (χ1) is 18.1. The Balaban J connectivity index is 1.37. The number of amides is 1. The molecule has 1 aromatic carbocycles. The first kappa shape index (κ1) is 27.9. The van der Waals surface area contributed by atoms with Crippen LogP contribution in [0.3, 0.4) is 0 Å². The molecule has 0 aliphatic heterocycles. The quantitative estimate of drug-likeness (QED) is 0.428. The number of rotatable bonds is 10. The smallest absolute Gasteiger partial charge is 0.410 e. The summed E-state index contributed by atoms with van der Waals surface area (Å²) >= 11 is 0. The number of aliphatic carboxylic acids is 1. The summed E-state index contributed by atoms with van der Waals surface area (Å²) in [5, 5.41) is 16.6. The van der Waals surface area contributed by atoms with Crippen molar-refractivity contribution in [3.05, 3.63) is 59.4 Å². The summed E-state index contributed by atoms with van der Waals surface area (Å²) in [6, 6.07) is 11.1. The molecule has 0 radical (unpaired) electrons. The Kier molecular flexibility index (Phi) is 8.92. The van der Waals surface area contributed by atoms with Crippen molar-refractivity contribution in [3.63, 3.8) is 0 Å². The van der Waals surface area contributed by atoms with E-state index < -0.39 is 11.6 Å². The molecule has 0 spiro atoms. The van der Waals surface area contributed by atoms with Crippen LogP contribution in [0.25, 0.3) is 6.08 Å². The van der Waals surface area contributed by atoms with Crippen molar-refractivity contribution in [1.82, 2.24) is 20.0 Å². The number of aromatic nitrogens is 2. The molecule has 2 fully saturated rings. The number of benzene rings is 1. The highest BCUT2D eigenvalue weighted by atomic mass is 16.6. The van der Waals surface area contributed by atoms with Gasteiger partial charge in [-0.25, -0.2) is 4.79 Å². The summed E-state index contributed by atoms with van der Waals surface area (Å²) in [4.78, 5) is 26.4. The molecule has 2 atom stereocenters. The molecule has 0 saturated heterocycles. The number of carboxylic acids is 1. The van der Waals surface area contributed by atoms with E-state index in [4.69, 9.17) is 9.84 Å². The zero-order chi connectivity index (χ0) is 27.3. The molecule has 2 saturated carbocycles. The monoisotopic (exact) mass is 522 g/mol. The molecule has 0 bridgehead atoms. The molecule has 206 valence electrons. The Morgan fingerprint density at radius 1 is 1.18 bits per heavy atom. The van der Waals surface area contributed by atoms with Crippen LogP contribution in [-0.2, 0) is 22.6 Å². The minimum absolute atomic E-state index is 0.131. The molecule has 1 aromatic heterocycles. The van der Waals surface area contributed by atoms with Crippen molar-refractivity contribution >= 4 is 18.1 Å². The van der Waals surface area contributed by atoms with Crippen LogP contribution in [-0.4, -0.2) is 55.6 Å². The van der Waals surface area contributed by atoms with E-state index in [0.29, 0.717) is 18.5 Å². The summed E-state index contributed by atoms with van der Waals surface area (Å²) in [5.74, 6) is -0.522. The predicted octanol–water partition coefficient (Wildman–Crippen LogP) is 5.49. The average molecular weight is 523 g/mol. The second-order valence-corrected chi connectivity index (χ2v) is 11.6. The number of ether oxygens (including phenoxy) is 1. The zero-order valence-electron chi connectivity index (χ0n) is 23.1. The highest BCUT2D eigenvalue weighted by Gasteiger charge is 2.49. The normalized spacial score (nSPS) is 23.6. The minimum Gasteiger partial charge on any atom is -0.480 e. The highest BCUT2D eigenvalue weighted by molar-refractivity contribution is 5.70. The molecule has 4 rings (SSSR count). The molecule has 8 nitrogen and oxygen atoms in total. The van der Waals surface area contributed by atoms with Crippen LogP contribution in [0.4, 0.5) is 4.79 Å². The van der Waals surface area contributed by atoms with E-state index in [9.17, 15) is 9.59 Å². The number of hydrogen-bond donors (Lipinski definition) is 2. The third kappa shape index (κ3) is 7.69. The van der Waals surface area contributed by atoms with Gasteiger partial charge in [-0.05, 0) is 64.9 Å². The van der Waals surface area contributed by atoms with Crippen molar-refractivity contribution in [2.45, 2.75) is 103 Å². The van der Waals surface area contributed by atoms with Crippen LogP contribution in [0.15, 0.2) is 48.3 Å². The molecule has 2 N–H and O–H groups in total. The van der Waals surface area contributed by atoms with Gasteiger partial charge in [0.1, 0.15) is 12.1 Å². The lowest BCUT2D eigenvalue weighted by atomic mass is 9.89. The SMILES string of the molecule is CCC(=Cc1ccccc1)C1C[C@@H]1N(C(=O)OC(C)(C)C)C1CCC(NCc2cnn(CC(=O)O)c2)CC1. The Bertz CT molecular complexity index is 1110. The maximum atomic E-state index is 13.4. The molecule has 8 heteroatoms. The van der Waals surface area contributed by atoms with Gasteiger partial charge >= 0.3 is 12.1 Å². The van der Waals surface area contributed by atoms with E-state index in [1.54, 1.807) is 12.4 Å². The molecule has 2 aliphatic rings. The second-order valence-electron chi connectivity index (χ2n) is 11.6. The van der Waals surface area contributed by atoms with Crippen molar-refractivity contribution in [3.8, 4) is 0 Å². The maximum Gasteiger partial charge on any atom is 0.410 e. The second kappa shape index (κ2) is 12.2. The van der Waals surface area contributed by atoms with Crippen LogP contribution >= 0.6 is 0 Å². The van der Waals surface area contributed by atoms with Gasteiger partial charge in [-0.2, -0.15) is 5.10 Å².